The molecular weight excluding hydrogens is 144 g/mol. The topological polar surface area (TPSA) is 61.2 Å². The van der Waals surface area contributed by atoms with Gasteiger partial charge in [0.1, 0.15) is 32.2 Å². The summed E-state index contributed by atoms with van der Waals surface area (Å²) in [6, 6.07) is -0.344. The molecule has 0 aromatic rings. The summed E-state index contributed by atoms with van der Waals surface area (Å²) in [4.78, 5) is 11.6. The number of hydrogen-bond acceptors (Lipinski definition) is 2. The molecule has 1 rings (SSSR count). The summed E-state index contributed by atoms with van der Waals surface area (Å²) in [6.45, 7) is 5.67. The van der Waals surface area contributed by atoms with Crippen LogP contribution >= 0.6 is 0 Å². The summed E-state index contributed by atoms with van der Waals surface area (Å²) in [6.07, 6.45) is 0. The Kier molecular flexibility index (Phi) is 2.84. The number of piperazine rings is 1. The fourth-order valence-corrected chi connectivity index (χ4v) is 1.44. The summed E-state index contributed by atoms with van der Waals surface area (Å²) in [5.41, 5.74) is 0. The Bertz CT molecular complexity index is 143. The van der Waals surface area contributed by atoms with Crippen molar-refractivity contribution < 1.29 is 20.1 Å². The predicted octanol–water partition coefficient (Wildman–Crippen LogP) is -4.41. The summed E-state index contributed by atoms with van der Waals surface area (Å²) in [5.74, 6) is -0.929. The van der Waals surface area contributed by atoms with Gasteiger partial charge in [0.15, 0.2) is 0 Å². The molecule has 64 valence electrons. The second kappa shape index (κ2) is 3.69. The summed E-state index contributed by atoms with van der Waals surface area (Å²) < 4.78 is 0. The number of nitrogens with two attached hydrogens (primary N) is 1. The fraction of sp³-hybridized carbons (Fsp3) is 0.857. The van der Waals surface area contributed by atoms with Gasteiger partial charge in [0.2, 0.25) is 0 Å². The van der Waals surface area contributed by atoms with Gasteiger partial charge in [0.05, 0.1) is 5.97 Å². The van der Waals surface area contributed by atoms with E-state index in [1.165, 1.54) is 0 Å². The molecule has 0 radical (unpaired) electrons. The van der Waals surface area contributed by atoms with Crippen LogP contribution in [0.4, 0.5) is 0 Å². The van der Waals surface area contributed by atoms with Crippen LogP contribution in [0.5, 0.6) is 0 Å². The minimum atomic E-state index is -0.929. The van der Waals surface area contributed by atoms with Gasteiger partial charge in [-0.25, -0.2) is 0 Å². The summed E-state index contributed by atoms with van der Waals surface area (Å²) in [7, 11) is 0. The first-order valence-corrected chi connectivity index (χ1v) is 4.09. The number of aliphatic carboxylic acids is 1. The van der Waals surface area contributed by atoms with E-state index in [4.69, 9.17) is 0 Å². The molecule has 1 atom stereocenters. The molecule has 4 heteroatoms. The minimum Gasteiger partial charge on any atom is -0.544 e. The molecule has 0 saturated carbocycles. The van der Waals surface area contributed by atoms with E-state index in [9.17, 15) is 9.90 Å². The predicted molar refractivity (Wildman–Crippen MR) is 36.8 cm³/mol. The number of nitrogens with one attached hydrogen (secondary N) is 1. The summed E-state index contributed by atoms with van der Waals surface area (Å²) in [5, 5.41) is 12.7. The zero-order chi connectivity index (χ0) is 8.27. The van der Waals surface area contributed by atoms with Gasteiger partial charge in [-0.05, 0) is 6.92 Å². The van der Waals surface area contributed by atoms with Crippen molar-refractivity contribution in [3.8, 4) is 0 Å². The SMILES string of the molecule is C[C@@H](C(=O)[O-])[NH+]1CC[NH2+]CC1. The van der Waals surface area contributed by atoms with Crippen molar-refractivity contribution in [2.24, 2.45) is 0 Å². The molecule has 1 saturated heterocycles. The third-order valence-electron chi connectivity index (χ3n) is 2.31. The van der Waals surface area contributed by atoms with Crippen molar-refractivity contribution in [1.82, 2.24) is 0 Å². The fourth-order valence-electron chi connectivity index (χ4n) is 1.44. The van der Waals surface area contributed by atoms with Crippen molar-refractivity contribution in [3.05, 3.63) is 0 Å². The van der Waals surface area contributed by atoms with Crippen molar-refractivity contribution in [2.75, 3.05) is 26.2 Å². The van der Waals surface area contributed by atoms with Gasteiger partial charge in [-0.3, -0.25) is 0 Å². The van der Waals surface area contributed by atoms with Gasteiger partial charge in [-0.15, -0.1) is 0 Å². The zero-order valence-electron chi connectivity index (χ0n) is 6.80. The lowest BCUT2D eigenvalue weighted by molar-refractivity contribution is -0.959. The first kappa shape index (κ1) is 8.49. The number of rotatable bonds is 2. The Morgan fingerprint density at radius 2 is 2.09 bits per heavy atom. The Morgan fingerprint density at radius 1 is 1.55 bits per heavy atom. The van der Waals surface area contributed by atoms with Gasteiger partial charge < -0.3 is 20.1 Å². The molecule has 0 spiro atoms. The minimum absolute atomic E-state index is 0.344. The number of hydrogen-bond donors (Lipinski definition) is 2. The molecule has 11 heavy (non-hydrogen) atoms. The van der Waals surface area contributed by atoms with E-state index in [-0.39, 0.29) is 6.04 Å². The molecule has 3 N–H and O–H groups in total. The smallest absolute Gasteiger partial charge is 0.127 e. The van der Waals surface area contributed by atoms with E-state index in [0.29, 0.717) is 0 Å². The summed E-state index contributed by atoms with van der Waals surface area (Å²) >= 11 is 0. The van der Waals surface area contributed by atoms with Crippen LogP contribution in [0, 0.1) is 0 Å². The largest absolute Gasteiger partial charge is 0.544 e. The highest BCUT2D eigenvalue weighted by atomic mass is 16.4. The standard InChI is InChI=1S/C7H14N2O2/c1-6(7(10)11)9-4-2-8-3-5-9/h6,8H,2-5H2,1H3,(H,10,11)/p+1/t6-/m0/s1. The molecule has 0 aliphatic carbocycles. The van der Waals surface area contributed by atoms with Crippen LogP contribution in [0.1, 0.15) is 6.92 Å². The molecule has 0 aromatic heterocycles. The van der Waals surface area contributed by atoms with Gasteiger partial charge >= 0.3 is 0 Å². The highest BCUT2D eigenvalue weighted by Gasteiger charge is 2.22. The first-order valence-electron chi connectivity index (χ1n) is 4.09. The van der Waals surface area contributed by atoms with E-state index >= 15 is 0 Å². The second-order valence-electron chi connectivity index (χ2n) is 3.06. The number of quaternary nitrogens is 2. The molecule has 0 unspecified atom stereocenters. The van der Waals surface area contributed by atoms with Crippen LogP contribution in [0.3, 0.4) is 0 Å². The molecule has 4 nitrogen and oxygen atoms in total. The molecule has 0 bridgehead atoms. The van der Waals surface area contributed by atoms with Gasteiger partial charge in [-0.1, -0.05) is 0 Å². The van der Waals surface area contributed by atoms with Crippen molar-refractivity contribution in [2.45, 2.75) is 13.0 Å². The Balaban J connectivity index is 2.38. The maximum absolute atomic E-state index is 10.5. The van der Waals surface area contributed by atoms with Crippen molar-refractivity contribution in [1.29, 1.82) is 0 Å². The number of carboxylic acid groups (broad SMARTS) is 1. The Morgan fingerprint density at radius 3 is 2.55 bits per heavy atom. The van der Waals surface area contributed by atoms with E-state index in [1.54, 1.807) is 6.92 Å². The molecule has 1 heterocycles. The van der Waals surface area contributed by atoms with Gasteiger partial charge in [-0.2, -0.15) is 0 Å². The second-order valence-corrected chi connectivity index (χ2v) is 3.06. The van der Waals surface area contributed by atoms with Crippen molar-refractivity contribution in [3.63, 3.8) is 0 Å². The monoisotopic (exact) mass is 159 g/mol. The molecule has 0 aromatic carbocycles. The quantitative estimate of drug-likeness (QED) is 0.427. The number of carbonyl (C=O) groups is 1. The zero-order valence-corrected chi connectivity index (χ0v) is 6.80. The van der Waals surface area contributed by atoms with Crippen LogP contribution < -0.4 is 15.3 Å². The van der Waals surface area contributed by atoms with E-state index < -0.39 is 5.97 Å². The van der Waals surface area contributed by atoms with Gasteiger partial charge in [0, 0.05) is 0 Å². The average molecular weight is 159 g/mol. The highest BCUT2D eigenvalue weighted by molar-refractivity contribution is 5.68. The Labute approximate surface area is 66.2 Å². The first-order chi connectivity index (χ1) is 5.22. The molecule has 1 fully saturated rings. The lowest BCUT2D eigenvalue weighted by atomic mass is 10.2. The van der Waals surface area contributed by atoms with E-state index in [1.807, 2.05) is 0 Å². The average Bonchev–Trinajstić information content (AvgIpc) is 2.05. The number of carboxylic acids is 1. The lowest BCUT2D eigenvalue weighted by Crippen LogP contribution is -3.23. The third kappa shape index (κ3) is 2.17. The van der Waals surface area contributed by atoms with Crippen molar-refractivity contribution >= 4 is 5.97 Å². The molecule has 1 aliphatic heterocycles. The normalized spacial score (nSPS) is 23.0. The van der Waals surface area contributed by atoms with Crippen LogP contribution in [-0.2, 0) is 4.79 Å². The van der Waals surface area contributed by atoms with Crippen LogP contribution in [0.2, 0.25) is 0 Å². The molecular formula is C7H15N2O2+. The van der Waals surface area contributed by atoms with Crippen LogP contribution in [0.25, 0.3) is 0 Å². The van der Waals surface area contributed by atoms with E-state index in [0.717, 1.165) is 31.1 Å². The van der Waals surface area contributed by atoms with Crippen LogP contribution in [0.15, 0.2) is 0 Å². The van der Waals surface area contributed by atoms with E-state index in [2.05, 4.69) is 5.32 Å². The highest BCUT2D eigenvalue weighted by Crippen LogP contribution is 1.70. The lowest BCUT2D eigenvalue weighted by Gasteiger charge is -2.28. The Hall–Kier alpha value is -0.610. The number of carbonyl (C=O) groups excluding carboxylic acids is 1. The third-order valence-corrected chi connectivity index (χ3v) is 2.31. The molecule has 1 aliphatic rings. The maximum Gasteiger partial charge on any atom is 0.127 e. The van der Waals surface area contributed by atoms with Crippen LogP contribution in [-0.4, -0.2) is 38.2 Å². The molecule has 0 amide bonds. The maximum atomic E-state index is 10.5. The van der Waals surface area contributed by atoms with Gasteiger partial charge in [0.25, 0.3) is 0 Å².